The number of benzene rings is 2. The lowest BCUT2D eigenvalue weighted by Crippen LogP contribution is -2.42. The van der Waals surface area contributed by atoms with Gasteiger partial charge in [0.05, 0.1) is 5.56 Å². The van der Waals surface area contributed by atoms with Crippen LogP contribution in [0.1, 0.15) is 19.4 Å². The second-order valence-corrected chi connectivity index (χ2v) is 6.50. The van der Waals surface area contributed by atoms with Crippen LogP contribution >= 0.6 is 0 Å². The Bertz CT molecular complexity index is 925. The average molecular weight is 391 g/mol. The maximum atomic E-state index is 13.2. The Morgan fingerprint density at radius 2 is 1.50 bits per heavy atom. The lowest BCUT2D eigenvalue weighted by Gasteiger charge is -2.29. The minimum Gasteiger partial charge on any atom is -0.419 e. The minimum absolute atomic E-state index is 0.0570. The lowest BCUT2D eigenvalue weighted by atomic mass is 9.99. The number of halogens is 3. The largest absolute Gasteiger partial charge is 0.419 e. The molecular weight excluding hydrogens is 375 g/mol. The van der Waals surface area contributed by atoms with E-state index >= 15 is 0 Å². The van der Waals surface area contributed by atoms with E-state index in [2.05, 4.69) is 5.32 Å². The molecule has 0 saturated carbocycles. The predicted molar refractivity (Wildman–Crippen MR) is 94.8 cm³/mol. The molecule has 0 atom stereocenters. The zero-order valence-electron chi connectivity index (χ0n) is 15.0. The molecule has 1 N–H and O–H groups in total. The monoisotopic (exact) mass is 391 g/mol. The SMILES string of the molecule is CC1(C)OC(=O)C(=CNc2ccc(-c3ccccc3C(F)(F)F)cc2)C(=O)O1. The van der Waals surface area contributed by atoms with Crippen molar-refractivity contribution in [2.45, 2.75) is 25.8 Å². The summed E-state index contributed by atoms with van der Waals surface area (Å²) in [6, 6.07) is 11.3. The molecule has 0 bridgehead atoms. The second kappa shape index (κ2) is 7.03. The summed E-state index contributed by atoms with van der Waals surface area (Å²) in [6.45, 7) is 2.87. The van der Waals surface area contributed by atoms with Crippen LogP contribution in [0, 0.1) is 0 Å². The van der Waals surface area contributed by atoms with Gasteiger partial charge < -0.3 is 14.8 Å². The Morgan fingerprint density at radius 3 is 2.07 bits per heavy atom. The van der Waals surface area contributed by atoms with Gasteiger partial charge in [0.1, 0.15) is 0 Å². The van der Waals surface area contributed by atoms with Crippen LogP contribution in [0.2, 0.25) is 0 Å². The van der Waals surface area contributed by atoms with E-state index in [9.17, 15) is 22.8 Å². The number of ether oxygens (including phenoxy) is 2. The fourth-order valence-corrected chi connectivity index (χ4v) is 2.66. The average Bonchev–Trinajstić information content (AvgIpc) is 2.60. The fraction of sp³-hybridized carbons (Fsp3) is 0.200. The Morgan fingerprint density at radius 1 is 0.929 bits per heavy atom. The Kier molecular flexibility index (Phi) is 4.89. The highest BCUT2D eigenvalue weighted by Gasteiger charge is 2.39. The smallest absolute Gasteiger partial charge is 0.417 e. The summed E-state index contributed by atoms with van der Waals surface area (Å²) in [5, 5.41) is 2.74. The zero-order valence-corrected chi connectivity index (χ0v) is 15.0. The molecule has 28 heavy (non-hydrogen) atoms. The number of carbonyl (C=O) groups excluding carboxylic acids is 2. The fourth-order valence-electron chi connectivity index (χ4n) is 2.66. The van der Waals surface area contributed by atoms with Gasteiger partial charge >= 0.3 is 18.1 Å². The van der Waals surface area contributed by atoms with Crippen molar-refractivity contribution < 1.29 is 32.2 Å². The zero-order chi connectivity index (χ0) is 20.5. The Labute approximate surface area is 158 Å². The molecule has 1 heterocycles. The summed E-state index contributed by atoms with van der Waals surface area (Å²) in [4.78, 5) is 23.7. The summed E-state index contributed by atoms with van der Waals surface area (Å²) in [5.41, 5.74) is -0.143. The van der Waals surface area contributed by atoms with Gasteiger partial charge in [0.25, 0.3) is 5.79 Å². The van der Waals surface area contributed by atoms with E-state index in [0.29, 0.717) is 11.3 Å². The normalized spacial score (nSPS) is 16.2. The van der Waals surface area contributed by atoms with Gasteiger partial charge in [-0.25, -0.2) is 9.59 Å². The molecule has 0 unspecified atom stereocenters. The van der Waals surface area contributed by atoms with Crippen LogP contribution in [0.25, 0.3) is 11.1 Å². The number of cyclic esters (lactones) is 2. The molecule has 0 spiro atoms. The van der Waals surface area contributed by atoms with E-state index in [-0.39, 0.29) is 11.1 Å². The van der Waals surface area contributed by atoms with Crippen molar-refractivity contribution in [1.82, 2.24) is 0 Å². The van der Waals surface area contributed by atoms with Crippen LogP contribution in [0.4, 0.5) is 18.9 Å². The molecule has 0 radical (unpaired) electrons. The summed E-state index contributed by atoms with van der Waals surface area (Å²) in [6.07, 6.45) is -3.33. The van der Waals surface area contributed by atoms with Crippen molar-refractivity contribution in [1.29, 1.82) is 0 Å². The molecule has 1 fully saturated rings. The van der Waals surface area contributed by atoms with E-state index in [0.717, 1.165) is 12.3 Å². The Balaban J connectivity index is 1.80. The van der Waals surface area contributed by atoms with Gasteiger partial charge in [0.2, 0.25) is 0 Å². The van der Waals surface area contributed by atoms with Crippen LogP contribution < -0.4 is 5.32 Å². The van der Waals surface area contributed by atoms with Gasteiger partial charge in [-0.3, -0.25) is 0 Å². The lowest BCUT2D eigenvalue weighted by molar-refractivity contribution is -0.222. The molecule has 0 amide bonds. The summed E-state index contributed by atoms with van der Waals surface area (Å²) >= 11 is 0. The quantitative estimate of drug-likeness (QED) is 0.474. The van der Waals surface area contributed by atoms with Gasteiger partial charge in [0, 0.05) is 25.7 Å². The summed E-state index contributed by atoms with van der Waals surface area (Å²) in [7, 11) is 0. The molecule has 2 aromatic rings. The Hall–Kier alpha value is -3.29. The molecule has 0 aromatic heterocycles. The molecular formula is C20H16F3NO4. The van der Waals surface area contributed by atoms with Gasteiger partial charge in [0.15, 0.2) is 5.57 Å². The van der Waals surface area contributed by atoms with Crippen molar-refractivity contribution in [2.75, 3.05) is 5.32 Å². The maximum Gasteiger partial charge on any atom is 0.417 e. The molecule has 8 heteroatoms. The second-order valence-electron chi connectivity index (χ2n) is 6.50. The number of rotatable bonds is 3. The van der Waals surface area contributed by atoms with Gasteiger partial charge in [-0.2, -0.15) is 13.2 Å². The van der Waals surface area contributed by atoms with E-state index in [1.54, 1.807) is 0 Å². The predicted octanol–water partition coefficient (Wildman–Crippen LogP) is 4.50. The van der Waals surface area contributed by atoms with Crippen molar-refractivity contribution >= 4 is 17.6 Å². The van der Waals surface area contributed by atoms with Crippen LogP contribution in [-0.2, 0) is 25.2 Å². The third kappa shape index (κ3) is 4.16. The van der Waals surface area contributed by atoms with Gasteiger partial charge in [-0.1, -0.05) is 30.3 Å². The number of esters is 2. The number of hydrogen-bond donors (Lipinski definition) is 1. The van der Waals surface area contributed by atoms with Crippen LogP contribution in [0.3, 0.4) is 0 Å². The molecule has 5 nitrogen and oxygen atoms in total. The third-order valence-electron chi connectivity index (χ3n) is 3.93. The number of carbonyl (C=O) groups is 2. The van der Waals surface area contributed by atoms with Crippen molar-refractivity contribution in [3.63, 3.8) is 0 Å². The molecule has 146 valence electrons. The number of alkyl halides is 3. The molecule has 1 aliphatic heterocycles. The molecule has 1 saturated heterocycles. The highest BCUT2D eigenvalue weighted by atomic mass is 19.4. The standard InChI is InChI=1S/C20H16F3NO4/c1-19(2)27-17(25)15(18(26)28-19)11-24-13-9-7-12(8-10-13)14-5-3-4-6-16(14)20(21,22)23/h3-11,24H,1-2H3. The minimum atomic E-state index is -4.46. The van der Waals surface area contributed by atoms with Crippen molar-refractivity contribution in [2.24, 2.45) is 0 Å². The van der Waals surface area contributed by atoms with E-state index in [1.807, 2.05) is 0 Å². The van der Waals surface area contributed by atoms with Crippen LogP contribution in [-0.4, -0.2) is 17.7 Å². The van der Waals surface area contributed by atoms with Crippen LogP contribution in [0.15, 0.2) is 60.3 Å². The number of hydrogen-bond acceptors (Lipinski definition) is 5. The van der Waals surface area contributed by atoms with Gasteiger partial charge in [-0.15, -0.1) is 0 Å². The molecule has 2 aromatic carbocycles. The number of anilines is 1. The summed E-state index contributed by atoms with van der Waals surface area (Å²) < 4.78 is 49.4. The van der Waals surface area contributed by atoms with E-state index < -0.39 is 29.5 Å². The topological polar surface area (TPSA) is 64.6 Å². The highest BCUT2D eigenvalue weighted by Crippen LogP contribution is 2.37. The highest BCUT2D eigenvalue weighted by molar-refractivity contribution is 6.15. The van der Waals surface area contributed by atoms with Crippen LogP contribution in [0.5, 0.6) is 0 Å². The molecule has 1 aliphatic rings. The van der Waals surface area contributed by atoms with Crippen molar-refractivity contribution in [3.05, 3.63) is 65.9 Å². The first kappa shape index (κ1) is 19.5. The first-order valence-corrected chi connectivity index (χ1v) is 8.27. The van der Waals surface area contributed by atoms with Crippen molar-refractivity contribution in [3.8, 4) is 11.1 Å². The van der Waals surface area contributed by atoms with E-state index in [4.69, 9.17) is 9.47 Å². The molecule has 3 rings (SSSR count). The van der Waals surface area contributed by atoms with E-state index in [1.165, 1.54) is 56.3 Å². The first-order valence-electron chi connectivity index (χ1n) is 8.27. The van der Waals surface area contributed by atoms with Gasteiger partial charge in [-0.05, 0) is 29.3 Å². The number of nitrogens with one attached hydrogen (secondary N) is 1. The summed E-state index contributed by atoms with van der Waals surface area (Å²) in [5.74, 6) is -2.99. The molecule has 0 aliphatic carbocycles. The maximum absolute atomic E-state index is 13.2. The third-order valence-corrected chi connectivity index (χ3v) is 3.93. The first-order chi connectivity index (χ1) is 13.1.